The van der Waals surface area contributed by atoms with Gasteiger partial charge in [-0.1, -0.05) is 60.7 Å². The smallest absolute Gasteiger partial charge is 0.276 e. The van der Waals surface area contributed by atoms with Crippen LogP contribution in [0.4, 0.5) is 5.69 Å². The van der Waals surface area contributed by atoms with E-state index in [1.807, 2.05) is 66.7 Å². The zero-order chi connectivity index (χ0) is 25.8. The van der Waals surface area contributed by atoms with E-state index >= 15 is 0 Å². The predicted molar refractivity (Wildman–Crippen MR) is 149 cm³/mol. The Hall–Kier alpha value is -4.05. The summed E-state index contributed by atoms with van der Waals surface area (Å²) in [5.74, 6) is 0.213. The van der Waals surface area contributed by atoms with Gasteiger partial charge in [-0.05, 0) is 64.6 Å². The van der Waals surface area contributed by atoms with Gasteiger partial charge in [0.25, 0.3) is 11.8 Å². The second-order valence-corrected chi connectivity index (χ2v) is 9.61. The van der Waals surface area contributed by atoms with Crippen molar-refractivity contribution in [3.63, 3.8) is 0 Å². The standard InChI is InChI=1S/C29H24IN3O4/c1-36-25-13-7-5-11-21(25)27-31-24-16-15-20(30)17-23(24)29(35)33(27)32-28(34)22-12-6-8-14-26(22)37-18-19-9-3-2-4-10-19/h2-17,27,31H,18H2,1H3,(H,32,34)/t27-/m0/s1. The fraction of sp³-hybridized carbons (Fsp3) is 0.103. The maximum atomic E-state index is 13.7. The Morgan fingerprint density at radius 1 is 0.946 bits per heavy atom. The average Bonchev–Trinajstić information content (AvgIpc) is 2.94. The fourth-order valence-electron chi connectivity index (χ4n) is 4.19. The van der Waals surface area contributed by atoms with Gasteiger partial charge in [0.2, 0.25) is 0 Å². The van der Waals surface area contributed by atoms with Crippen molar-refractivity contribution in [2.45, 2.75) is 12.8 Å². The number of hydrogen-bond donors (Lipinski definition) is 2. The normalized spacial score (nSPS) is 14.4. The first-order valence-corrected chi connectivity index (χ1v) is 12.7. The number of ether oxygens (including phenoxy) is 2. The van der Waals surface area contributed by atoms with Crippen molar-refractivity contribution in [2.24, 2.45) is 0 Å². The molecule has 1 aliphatic rings. The van der Waals surface area contributed by atoms with Crippen molar-refractivity contribution in [1.82, 2.24) is 10.4 Å². The summed E-state index contributed by atoms with van der Waals surface area (Å²) in [6.45, 7) is 0.311. The van der Waals surface area contributed by atoms with Crippen molar-refractivity contribution < 1.29 is 19.1 Å². The molecule has 4 aromatic carbocycles. The maximum Gasteiger partial charge on any atom is 0.276 e. The largest absolute Gasteiger partial charge is 0.496 e. The van der Waals surface area contributed by atoms with Crippen molar-refractivity contribution in [3.05, 3.63) is 123 Å². The molecule has 0 saturated carbocycles. The van der Waals surface area contributed by atoms with Crippen LogP contribution in [0, 0.1) is 3.57 Å². The molecule has 0 radical (unpaired) electrons. The molecule has 7 nitrogen and oxygen atoms in total. The lowest BCUT2D eigenvalue weighted by atomic mass is 10.0. The molecule has 0 aromatic heterocycles. The number of nitrogens with zero attached hydrogens (tertiary/aromatic N) is 1. The van der Waals surface area contributed by atoms with Gasteiger partial charge in [-0.3, -0.25) is 15.0 Å². The zero-order valence-corrected chi connectivity index (χ0v) is 22.1. The minimum absolute atomic E-state index is 0.311. The summed E-state index contributed by atoms with van der Waals surface area (Å²) in [4.78, 5) is 27.3. The maximum absolute atomic E-state index is 13.7. The predicted octanol–water partition coefficient (Wildman–Crippen LogP) is 5.79. The topological polar surface area (TPSA) is 79.9 Å². The summed E-state index contributed by atoms with van der Waals surface area (Å²) in [5, 5.41) is 4.70. The molecule has 186 valence electrons. The van der Waals surface area contributed by atoms with Gasteiger partial charge in [-0.2, -0.15) is 0 Å². The van der Waals surface area contributed by atoms with E-state index in [-0.39, 0.29) is 5.91 Å². The van der Waals surface area contributed by atoms with E-state index in [2.05, 4.69) is 33.3 Å². The number of carbonyl (C=O) groups excluding carboxylic acids is 2. The van der Waals surface area contributed by atoms with Crippen molar-refractivity contribution in [3.8, 4) is 11.5 Å². The van der Waals surface area contributed by atoms with E-state index < -0.39 is 12.1 Å². The number of methoxy groups -OCH3 is 1. The monoisotopic (exact) mass is 605 g/mol. The molecule has 1 aliphatic heterocycles. The van der Waals surface area contributed by atoms with Gasteiger partial charge in [-0.25, -0.2) is 5.01 Å². The lowest BCUT2D eigenvalue weighted by molar-refractivity contribution is 0.0486. The molecular formula is C29H24IN3O4. The van der Waals surface area contributed by atoms with E-state index in [1.165, 1.54) is 5.01 Å². The van der Waals surface area contributed by atoms with Crippen molar-refractivity contribution in [1.29, 1.82) is 0 Å². The van der Waals surface area contributed by atoms with Gasteiger partial charge in [0, 0.05) is 14.8 Å². The lowest BCUT2D eigenvalue weighted by Crippen LogP contribution is -2.53. The first-order valence-electron chi connectivity index (χ1n) is 11.6. The molecule has 37 heavy (non-hydrogen) atoms. The number of benzene rings is 4. The molecule has 0 spiro atoms. The Bertz CT molecular complexity index is 1440. The van der Waals surface area contributed by atoms with Gasteiger partial charge >= 0.3 is 0 Å². The van der Waals surface area contributed by atoms with E-state index in [9.17, 15) is 9.59 Å². The molecular weight excluding hydrogens is 581 g/mol. The highest BCUT2D eigenvalue weighted by Crippen LogP contribution is 2.36. The second kappa shape index (κ2) is 10.9. The number of amides is 2. The fourth-order valence-corrected chi connectivity index (χ4v) is 4.68. The van der Waals surface area contributed by atoms with E-state index in [4.69, 9.17) is 9.47 Å². The number of carbonyl (C=O) groups is 2. The van der Waals surface area contributed by atoms with Gasteiger partial charge in [0.15, 0.2) is 6.17 Å². The zero-order valence-electron chi connectivity index (χ0n) is 20.0. The summed E-state index contributed by atoms with van der Waals surface area (Å²) < 4.78 is 12.4. The molecule has 0 unspecified atom stereocenters. The number of hydrazine groups is 1. The highest BCUT2D eigenvalue weighted by atomic mass is 127. The molecule has 4 aromatic rings. The first kappa shape index (κ1) is 24.6. The Morgan fingerprint density at radius 3 is 2.43 bits per heavy atom. The van der Waals surface area contributed by atoms with E-state index in [0.717, 1.165) is 9.13 Å². The summed E-state index contributed by atoms with van der Waals surface area (Å²) in [6.07, 6.45) is -0.697. The Morgan fingerprint density at radius 2 is 1.65 bits per heavy atom. The molecule has 2 N–H and O–H groups in total. The van der Waals surface area contributed by atoms with Crippen LogP contribution in [0.3, 0.4) is 0 Å². The lowest BCUT2D eigenvalue weighted by Gasteiger charge is -2.38. The quantitative estimate of drug-likeness (QED) is 0.261. The van der Waals surface area contributed by atoms with Crippen molar-refractivity contribution >= 4 is 40.1 Å². The third-order valence-corrected chi connectivity index (χ3v) is 6.68. The Kier molecular flexibility index (Phi) is 7.27. The van der Waals surface area contributed by atoms with Crippen LogP contribution in [0.15, 0.2) is 97.1 Å². The Labute approximate surface area is 228 Å². The molecule has 2 amide bonds. The SMILES string of the molecule is COc1ccccc1[C@H]1Nc2ccc(I)cc2C(=O)N1NC(=O)c1ccccc1OCc1ccccc1. The molecule has 0 bridgehead atoms. The number of hydrogen-bond acceptors (Lipinski definition) is 5. The third kappa shape index (κ3) is 5.24. The van der Waals surface area contributed by atoms with Crippen LogP contribution in [0.1, 0.15) is 38.0 Å². The van der Waals surface area contributed by atoms with E-state index in [0.29, 0.717) is 40.5 Å². The number of halogens is 1. The van der Waals surface area contributed by atoms with Crippen LogP contribution < -0.4 is 20.2 Å². The Balaban J connectivity index is 1.47. The van der Waals surface area contributed by atoms with Crippen LogP contribution in [0.25, 0.3) is 0 Å². The minimum Gasteiger partial charge on any atom is -0.496 e. The molecule has 8 heteroatoms. The van der Waals surface area contributed by atoms with Crippen LogP contribution in [-0.2, 0) is 6.61 Å². The van der Waals surface area contributed by atoms with Gasteiger partial charge in [0.1, 0.15) is 18.1 Å². The number of fused-ring (bicyclic) bond motifs is 1. The van der Waals surface area contributed by atoms with Gasteiger partial charge in [0.05, 0.1) is 18.2 Å². The number of anilines is 1. The highest BCUT2D eigenvalue weighted by molar-refractivity contribution is 14.1. The molecule has 0 fully saturated rings. The van der Waals surface area contributed by atoms with Crippen LogP contribution in [0.2, 0.25) is 0 Å². The summed E-state index contributed by atoms with van der Waals surface area (Å²) in [7, 11) is 1.57. The molecule has 5 rings (SSSR count). The molecule has 1 atom stereocenters. The highest BCUT2D eigenvalue weighted by Gasteiger charge is 2.36. The minimum atomic E-state index is -0.697. The summed E-state index contributed by atoms with van der Waals surface area (Å²) in [6, 6.07) is 29.7. The summed E-state index contributed by atoms with van der Waals surface area (Å²) >= 11 is 2.16. The summed E-state index contributed by atoms with van der Waals surface area (Å²) in [5.41, 5.74) is 5.98. The average molecular weight is 605 g/mol. The van der Waals surface area contributed by atoms with Crippen LogP contribution in [0.5, 0.6) is 11.5 Å². The first-order chi connectivity index (χ1) is 18.0. The molecule has 0 aliphatic carbocycles. The van der Waals surface area contributed by atoms with Crippen LogP contribution in [-0.4, -0.2) is 23.9 Å². The molecule has 0 saturated heterocycles. The number of para-hydroxylation sites is 2. The second-order valence-electron chi connectivity index (χ2n) is 8.37. The van der Waals surface area contributed by atoms with E-state index in [1.54, 1.807) is 37.4 Å². The number of rotatable bonds is 7. The molecule has 1 heterocycles. The van der Waals surface area contributed by atoms with Crippen LogP contribution >= 0.6 is 22.6 Å². The number of nitrogens with one attached hydrogen (secondary N) is 2. The van der Waals surface area contributed by atoms with Crippen molar-refractivity contribution in [2.75, 3.05) is 12.4 Å². The van der Waals surface area contributed by atoms with Gasteiger partial charge < -0.3 is 14.8 Å². The van der Waals surface area contributed by atoms with Gasteiger partial charge in [-0.15, -0.1) is 0 Å². The third-order valence-electron chi connectivity index (χ3n) is 6.01.